The monoisotopic (exact) mass is 368 g/mol. The molecule has 0 rings (SSSR count). The predicted octanol–water partition coefficient (Wildman–Crippen LogP) is 5.27. The molecule has 1 nitrogen and oxygen atoms in total. The van der Waals surface area contributed by atoms with Crippen LogP contribution in [0.25, 0.3) is 0 Å². The molecule has 0 bridgehead atoms. The molecule has 0 aliphatic rings. The van der Waals surface area contributed by atoms with E-state index in [4.69, 9.17) is 4.43 Å². The van der Waals surface area contributed by atoms with Crippen LogP contribution in [-0.4, -0.2) is 18.8 Å². The first kappa shape index (κ1) is 17.6. The van der Waals surface area contributed by atoms with Crippen LogP contribution in [-0.2, 0) is 4.43 Å². The summed E-state index contributed by atoms with van der Waals surface area (Å²) in [6, 6.07) is 0. The fourth-order valence-electron chi connectivity index (χ4n) is 1.94. The molecular weight excluding hydrogens is 339 g/mol. The Bertz CT molecular complexity index is 243. The fourth-order valence-corrected chi connectivity index (χ4v) is 3.78. The van der Waals surface area contributed by atoms with Crippen LogP contribution in [0.15, 0.2) is 12.2 Å². The Morgan fingerprint density at radius 1 is 1.29 bits per heavy atom. The highest BCUT2D eigenvalue weighted by Gasteiger charge is 2.36. The maximum atomic E-state index is 6.41. The number of hydrogen-bond donors (Lipinski definition) is 0. The minimum atomic E-state index is -1.46. The first-order valence-electron chi connectivity index (χ1n) is 6.51. The van der Waals surface area contributed by atoms with Crippen molar-refractivity contribution in [2.24, 2.45) is 11.3 Å². The summed E-state index contributed by atoms with van der Waals surface area (Å²) < 4.78 is 7.58. The Morgan fingerprint density at radius 2 is 1.82 bits per heavy atom. The van der Waals surface area contributed by atoms with E-state index in [2.05, 4.69) is 82.1 Å². The minimum absolute atomic E-state index is 0.206. The summed E-state index contributed by atoms with van der Waals surface area (Å²) in [6.45, 7) is 15.9. The van der Waals surface area contributed by atoms with Gasteiger partial charge in [-0.05, 0) is 44.3 Å². The molecule has 3 heteroatoms. The van der Waals surface area contributed by atoms with Crippen molar-refractivity contribution in [3.8, 4) is 0 Å². The maximum Gasteiger partial charge on any atom is 0.184 e. The quantitative estimate of drug-likeness (QED) is 0.257. The van der Waals surface area contributed by atoms with Crippen LogP contribution in [0, 0.1) is 11.3 Å². The van der Waals surface area contributed by atoms with E-state index in [1.54, 1.807) is 0 Å². The normalized spacial score (nSPS) is 17.4. The Kier molecular flexibility index (Phi) is 7.57. The summed E-state index contributed by atoms with van der Waals surface area (Å²) >= 11 is 2.46. The summed E-state index contributed by atoms with van der Waals surface area (Å²) in [5.74, 6) is 0.553. The molecule has 0 spiro atoms. The molecule has 0 heterocycles. The van der Waals surface area contributed by atoms with E-state index in [1.165, 1.54) is 4.43 Å². The molecule has 0 amide bonds. The summed E-state index contributed by atoms with van der Waals surface area (Å²) in [6.07, 6.45) is 5.98. The van der Waals surface area contributed by atoms with Gasteiger partial charge in [0.15, 0.2) is 8.32 Å². The summed E-state index contributed by atoms with van der Waals surface area (Å²) in [4.78, 5) is 0. The van der Waals surface area contributed by atoms with Crippen LogP contribution >= 0.6 is 22.6 Å². The van der Waals surface area contributed by atoms with Gasteiger partial charge in [-0.3, -0.25) is 0 Å². The second-order valence-electron chi connectivity index (χ2n) is 6.33. The molecule has 0 aromatic heterocycles. The Hall–Kier alpha value is 0.647. The first-order valence-corrected chi connectivity index (χ1v) is 11.4. The average molecular weight is 368 g/mol. The Labute approximate surface area is 123 Å². The molecule has 0 saturated carbocycles. The lowest BCUT2D eigenvalue weighted by molar-refractivity contribution is 0.0388. The van der Waals surface area contributed by atoms with Gasteiger partial charge in [-0.2, -0.15) is 0 Å². The zero-order chi connectivity index (χ0) is 13.7. The van der Waals surface area contributed by atoms with Crippen LogP contribution in [0.1, 0.15) is 34.1 Å². The standard InChI is InChI=1S/C14H29IOSi/c1-8-9-12(2)14(3,4)13(10-11-15)16-17(5,6)7/h8-9,12-13H,10-11H2,1-7H3/b9-8+/t12-,13-/m0/s1. The lowest BCUT2D eigenvalue weighted by Crippen LogP contribution is -2.43. The third kappa shape index (κ3) is 6.39. The molecule has 0 unspecified atom stereocenters. The van der Waals surface area contributed by atoms with E-state index < -0.39 is 8.32 Å². The fraction of sp³-hybridized carbons (Fsp3) is 0.857. The van der Waals surface area contributed by atoms with Gasteiger partial charge < -0.3 is 4.43 Å². The number of hydrogen-bond acceptors (Lipinski definition) is 1. The molecule has 0 aromatic rings. The lowest BCUT2D eigenvalue weighted by Gasteiger charge is -2.41. The molecule has 0 aliphatic carbocycles. The van der Waals surface area contributed by atoms with Crippen molar-refractivity contribution in [1.82, 2.24) is 0 Å². The maximum absolute atomic E-state index is 6.41. The third-order valence-electron chi connectivity index (χ3n) is 3.35. The van der Waals surface area contributed by atoms with Crippen molar-refractivity contribution in [3.63, 3.8) is 0 Å². The van der Waals surface area contributed by atoms with Crippen molar-refractivity contribution in [2.75, 3.05) is 4.43 Å². The van der Waals surface area contributed by atoms with Crippen molar-refractivity contribution >= 4 is 30.9 Å². The van der Waals surface area contributed by atoms with Gasteiger partial charge >= 0.3 is 0 Å². The van der Waals surface area contributed by atoms with Gasteiger partial charge in [-0.1, -0.05) is 55.5 Å². The topological polar surface area (TPSA) is 9.23 Å². The van der Waals surface area contributed by atoms with Gasteiger partial charge in [0, 0.05) is 4.43 Å². The Morgan fingerprint density at radius 3 is 2.18 bits per heavy atom. The molecule has 0 aliphatic heterocycles. The van der Waals surface area contributed by atoms with Gasteiger partial charge in [0.25, 0.3) is 0 Å². The number of alkyl halides is 1. The molecule has 0 aromatic carbocycles. The molecule has 17 heavy (non-hydrogen) atoms. The SMILES string of the molecule is C/C=C/[C@H](C)C(C)(C)[C@H](CCI)O[Si](C)(C)C. The van der Waals surface area contributed by atoms with Crippen molar-refractivity contribution < 1.29 is 4.43 Å². The zero-order valence-electron chi connectivity index (χ0n) is 12.5. The van der Waals surface area contributed by atoms with Gasteiger partial charge in [-0.25, -0.2) is 0 Å². The average Bonchev–Trinajstić information content (AvgIpc) is 2.15. The van der Waals surface area contributed by atoms with Gasteiger partial charge in [-0.15, -0.1) is 0 Å². The Balaban J connectivity index is 4.89. The smallest absolute Gasteiger partial charge is 0.184 e. The molecule has 2 atom stereocenters. The highest BCUT2D eigenvalue weighted by atomic mass is 127. The summed E-state index contributed by atoms with van der Waals surface area (Å²) in [7, 11) is -1.46. The van der Waals surface area contributed by atoms with E-state index in [9.17, 15) is 0 Å². The molecule has 0 saturated heterocycles. The molecule has 0 fully saturated rings. The van der Waals surface area contributed by atoms with Gasteiger partial charge in [0.2, 0.25) is 0 Å². The molecule has 0 N–H and O–H groups in total. The first-order chi connectivity index (χ1) is 7.65. The third-order valence-corrected chi connectivity index (χ3v) is 4.97. The van der Waals surface area contributed by atoms with E-state index in [0.29, 0.717) is 12.0 Å². The zero-order valence-corrected chi connectivity index (χ0v) is 15.7. The molecule has 102 valence electrons. The number of rotatable bonds is 7. The predicted molar refractivity (Wildman–Crippen MR) is 89.5 cm³/mol. The van der Waals surface area contributed by atoms with Crippen LogP contribution in [0.3, 0.4) is 0 Å². The van der Waals surface area contributed by atoms with E-state index >= 15 is 0 Å². The van der Waals surface area contributed by atoms with Crippen LogP contribution < -0.4 is 0 Å². The lowest BCUT2D eigenvalue weighted by atomic mass is 9.74. The second-order valence-corrected chi connectivity index (χ2v) is 11.9. The molecule has 0 radical (unpaired) electrons. The van der Waals surface area contributed by atoms with Crippen LogP contribution in [0.5, 0.6) is 0 Å². The highest BCUT2D eigenvalue weighted by molar-refractivity contribution is 14.1. The number of halogens is 1. The van der Waals surface area contributed by atoms with Crippen molar-refractivity contribution in [2.45, 2.75) is 59.9 Å². The summed E-state index contributed by atoms with van der Waals surface area (Å²) in [5.41, 5.74) is 0.206. The van der Waals surface area contributed by atoms with E-state index in [-0.39, 0.29) is 5.41 Å². The van der Waals surface area contributed by atoms with E-state index in [0.717, 1.165) is 6.42 Å². The molecular formula is C14H29IOSi. The van der Waals surface area contributed by atoms with E-state index in [1.807, 2.05) is 0 Å². The van der Waals surface area contributed by atoms with Gasteiger partial charge in [0.05, 0.1) is 6.10 Å². The van der Waals surface area contributed by atoms with Crippen LogP contribution in [0.2, 0.25) is 19.6 Å². The number of allylic oxidation sites excluding steroid dienone is 2. The van der Waals surface area contributed by atoms with Gasteiger partial charge in [0.1, 0.15) is 0 Å². The second kappa shape index (κ2) is 7.29. The van der Waals surface area contributed by atoms with Crippen LogP contribution in [0.4, 0.5) is 0 Å². The van der Waals surface area contributed by atoms with Crippen molar-refractivity contribution in [1.29, 1.82) is 0 Å². The largest absolute Gasteiger partial charge is 0.414 e. The summed E-state index contributed by atoms with van der Waals surface area (Å²) in [5, 5.41) is 0. The van der Waals surface area contributed by atoms with Crippen molar-refractivity contribution in [3.05, 3.63) is 12.2 Å². The highest BCUT2D eigenvalue weighted by Crippen LogP contribution is 2.37. The minimum Gasteiger partial charge on any atom is -0.414 e.